The van der Waals surface area contributed by atoms with E-state index < -0.39 is 11.6 Å². The van der Waals surface area contributed by atoms with Crippen molar-refractivity contribution in [1.29, 1.82) is 0 Å². The van der Waals surface area contributed by atoms with Gasteiger partial charge in [-0.15, -0.1) is 0 Å². The molecule has 0 radical (unpaired) electrons. The highest BCUT2D eigenvalue weighted by atomic mass is 19.2. The SMILES string of the molecule is O=C(Cn1ccnc1)NCc1cccnc1Oc1ccc(F)c(F)c1. The first kappa shape index (κ1) is 16.6. The minimum atomic E-state index is -1.01. The first-order valence-corrected chi connectivity index (χ1v) is 7.41. The summed E-state index contributed by atoms with van der Waals surface area (Å²) in [5.74, 6) is -1.86. The number of pyridine rings is 1. The van der Waals surface area contributed by atoms with Crippen molar-refractivity contribution in [3.05, 3.63) is 72.4 Å². The molecule has 8 heteroatoms. The average Bonchev–Trinajstić information content (AvgIpc) is 3.10. The Bertz CT molecular complexity index is 869. The summed E-state index contributed by atoms with van der Waals surface area (Å²) in [5, 5.41) is 2.74. The Labute approximate surface area is 142 Å². The summed E-state index contributed by atoms with van der Waals surface area (Å²) in [7, 11) is 0. The van der Waals surface area contributed by atoms with Crippen molar-refractivity contribution in [3.8, 4) is 11.6 Å². The second-order valence-electron chi connectivity index (χ2n) is 5.16. The van der Waals surface area contributed by atoms with Crippen LogP contribution in [0, 0.1) is 11.6 Å². The molecule has 0 aliphatic rings. The van der Waals surface area contributed by atoms with E-state index in [-0.39, 0.29) is 30.6 Å². The number of halogens is 2. The molecule has 0 spiro atoms. The van der Waals surface area contributed by atoms with E-state index in [0.29, 0.717) is 5.56 Å². The normalized spacial score (nSPS) is 10.5. The molecule has 25 heavy (non-hydrogen) atoms. The summed E-state index contributed by atoms with van der Waals surface area (Å²) < 4.78 is 33.4. The molecule has 128 valence electrons. The lowest BCUT2D eigenvalue weighted by Gasteiger charge is -2.11. The number of rotatable bonds is 6. The Balaban J connectivity index is 1.66. The molecule has 0 saturated heterocycles. The predicted octanol–water partition coefficient (Wildman–Crippen LogP) is 2.67. The fraction of sp³-hybridized carbons (Fsp3) is 0.118. The van der Waals surface area contributed by atoms with E-state index in [1.165, 1.54) is 12.3 Å². The van der Waals surface area contributed by atoms with Gasteiger partial charge in [-0.1, -0.05) is 6.07 Å². The van der Waals surface area contributed by atoms with Crippen LogP contribution in [0.15, 0.2) is 55.2 Å². The highest BCUT2D eigenvalue weighted by molar-refractivity contribution is 5.75. The standard InChI is InChI=1S/C17H14F2N4O2/c18-14-4-3-13(8-15(14)19)25-17-12(2-1-5-21-17)9-22-16(24)10-23-7-6-20-11-23/h1-8,11H,9-10H2,(H,22,24). The highest BCUT2D eigenvalue weighted by Crippen LogP contribution is 2.24. The predicted molar refractivity (Wildman–Crippen MR) is 84.7 cm³/mol. The summed E-state index contributed by atoms with van der Waals surface area (Å²) in [6.45, 7) is 0.319. The molecular formula is C17H14F2N4O2. The Hall–Kier alpha value is -3.29. The van der Waals surface area contributed by atoms with Gasteiger partial charge in [-0.3, -0.25) is 4.79 Å². The number of aromatic nitrogens is 3. The molecule has 0 atom stereocenters. The maximum atomic E-state index is 13.3. The van der Waals surface area contributed by atoms with Gasteiger partial charge in [0.05, 0.1) is 6.33 Å². The van der Waals surface area contributed by atoms with Gasteiger partial charge in [0.2, 0.25) is 11.8 Å². The molecule has 3 aromatic rings. The molecule has 2 heterocycles. The van der Waals surface area contributed by atoms with E-state index in [4.69, 9.17) is 4.74 Å². The van der Waals surface area contributed by atoms with Gasteiger partial charge >= 0.3 is 0 Å². The highest BCUT2D eigenvalue weighted by Gasteiger charge is 2.10. The smallest absolute Gasteiger partial charge is 0.240 e. The number of benzene rings is 1. The van der Waals surface area contributed by atoms with Crippen LogP contribution >= 0.6 is 0 Å². The molecule has 1 aromatic carbocycles. The molecule has 0 aliphatic heterocycles. The number of carbonyl (C=O) groups excluding carboxylic acids is 1. The quantitative estimate of drug-likeness (QED) is 0.746. The zero-order valence-corrected chi connectivity index (χ0v) is 13.0. The van der Waals surface area contributed by atoms with Gasteiger partial charge < -0.3 is 14.6 Å². The van der Waals surface area contributed by atoms with E-state index in [0.717, 1.165) is 12.1 Å². The number of nitrogens with one attached hydrogen (secondary N) is 1. The molecule has 1 amide bonds. The van der Waals surface area contributed by atoms with Crippen LogP contribution in [-0.2, 0) is 17.9 Å². The fourth-order valence-corrected chi connectivity index (χ4v) is 2.10. The maximum absolute atomic E-state index is 13.3. The van der Waals surface area contributed by atoms with Crippen molar-refractivity contribution in [2.45, 2.75) is 13.1 Å². The molecule has 0 fully saturated rings. The molecule has 0 aliphatic carbocycles. The first-order chi connectivity index (χ1) is 12.1. The van der Waals surface area contributed by atoms with Gasteiger partial charge in [-0.25, -0.2) is 18.7 Å². The number of imidazole rings is 1. The van der Waals surface area contributed by atoms with E-state index in [1.807, 2.05) is 0 Å². The van der Waals surface area contributed by atoms with Crippen LogP contribution < -0.4 is 10.1 Å². The topological polar surface area (TPSA) is 69.0 Å². The Morgan fingerprint density at radius 2 is 2.08 bits per heavy atom. The minimum Gasteiger partial charge on any atom is -0.439 e. The van der Waals surface area contributed by atoms with Crippen LogP contribution in [0.1, 0.15) is 5.56 Å². The number of nitrogens with zero attached hydrogens (tertiary/aromatic N) is 3. The lowest BCUT2D eigenvalue weighted by Crippen LogP contribution is -2.26. The van der Waals surface area contributed by atoms with E-state index in [1.54, 1.807) is 35.4 Å². The lowest BCUT2D eigenvalue weighted by atomic mass is 10.2. The zero-order chi connectivity index (χ0) is 17.6. The maximum Gasteiger partial charge on any atom is 0.240 e. The first-order valence-electron chi connectivity index (χ1n) is 7.41. The lowest BCUT2D eigenvalue weighted by molar-refractivity contribution is -0.121. The summed E-state index contributed by atoms with van der Waals surface area (Å²) in [6, 6.07) is 6.62. The van der Waals surface area contributed by atoms with E-state index in [2.05, 4.69) is 15.3 Å². The molecule has 0 saturated carbocycles. The fourth-order valence-electron chi connectivity index (χ4n) is 2.10. The van der Waals surface area contributed by atoms with Gasteiger partial charge in [0.15, 0.2) is 11.6 Å². The summed E-state index contributed by atoms with van der Waals surface area (Å²) in [6.07, 6.45) is 6.32. The van der Waals surface area contributed by atoms with Crippen molar-refractivity contribution in [2.75, 3.05) is 0 Å². The monoisotopic (exact) mass is 344 g/mol. The third kappa shape index (κ3) is 4.37. The summed E-state index contributed by atoms with van der Waals surface area (Å²) in [5.41, 5.74) is 0.603. The van der Waals surface area contributed by atoms with E-state index in [9.17, 15) is 13.6 Å². The molecule has 0 unspecified atom stereocenters. The molecule has 1 N–H and O–H groups in total. The Morgan fingerprint density at radius 3 is 2.84 bits per heavy atom. The zero-order valence-electron chi connectivity index (χ0n) is 13.0. The van der Waals surface area contributed by atoms with Crippen LogP contribution in [0.25, 0.3) is 0 Å². The van der Waals surface area contributed by atoms with Crippen molar-refractivity contribution >= 4 is 5.91 Å². The largest absolute Gasteiger partial charge is 0.439 e. The Morgan fingerprint density at radius 1 is 1.20 bits per heavy atom. The second-order valence-corrected chi connectivity index (χ2v) is 5.16. The number of ether oxygens (including phenoxy) is 1. The van der Waals surface area contributed by atoms with Gasteiger partial charge in [-0.2, -0.15) is 0 Å². The van der Waals surface area contributed by atoms with Crippen molar-refractivity contribution < 1.29 is 18.3 Å². The molecule has 0 bridgehead atoms. The number of amides is 1. The third-order valence-electron chi connectivity index (χ3n) is 3.32. The van der Waals surface area contributed by atoms with Crippen molar-refractivity contribution in [2.24, 2.45) is 0 Å². The second kappa shape index (κ2) is 7.52. The van der Waals surface area contributed by atoms with Gasteiger partial charge in [0.25, 0.3) is 0 Å². The van der Waals surface area contributed by atoms with E-state index >= 15 is 0 Å². The average molecular weight is 344 g/mol. The van der Waals surface area contributed by atoms with Crippen LogP contribution in [-0.4, -0.2) is 20.4 Å². The van der Waals surface area contributed by atoms with Crippen LogP contribution in [0.3, 0.4) is 0 Å². The molecule has 6 nitrogen and oxygen atoms in total. The molecule has 3 rings (SSSR count). The third-order valence-corrected chi connectivity index (χ3v) is 3.32. The van der Waals surface area contributed by atoms with Crippen molar-refractivity contribution in [1.82, 2.24) is 19.9 Å². The van der Waals surface area contributed by atoms with Crippen LogP contribution in [0.5, 0.6) is 11.6 Å². The molecule has 2 aromatic heterocycles. The molecular weight excluding hydrogens is 330 g/mol. The van der Waals surface area contributed by atoms with Crippen LogP contribution in [0.4, 0.5) is 8.78 Å². The number of carbonyl (C=O) groups is 1. The van der Waals surface area contributed by atoms with Crippen molar-refractivity contribution in [3.63, 3.8) is 0 Å². The van der Waals surface area contributed by atoms with Gasteiger partial charge in [0.1, 0.15) is 12.3 Å². The number of hydrogen-bond acceptors (Lipinski definition) is 4. The summed E-state index contributed by atoms with van der Waals surface area (Å²) >= 11 is 0. The number of hydrogen-bond donors (Lipinski definition) is 1. The Kier molecular flexibility index (Phi) is 4.98. The minimum absolute atomic E-state index is 0.114. The summed E-state index contributed by atoms with van der Waals surface area (Å²) in [4.78, 5) is 19.9. The van der Waals surface area contributed by atoms with Gasteiger partial charge in [-0.05, 0) is 18.2 Å². The van der Waals surface area contributed by atoms with Gasteiger partial charge in [0, 0.05) is 36.8 Å². The van der Waals surface area contributed by atoms with Crippen LogP contribution in [0.2, 0.25) is 0 Å².